The van der Waals surface area contributed by atoms with E-state index in [0.29, 0.717) is 13.1 Å². The Morgan fingerprint density at radius 1 is 1.29 bits per heavy atom. The lowest BCUT2D eigenvalue weighted by Gasteiger charge is -2.10. The fourth-order valence-electron chi connectivity index (χ4n) is 1.78. The standard InChI is InChI=1S/C13H19N3O3S.ClH/c1-2-16-20(18,19)11-5-3-10(4-6-11)9-15-12(17)13(14)7-8-13;/h3-6,16H,2,7-9,14H2,1H3,(H,15,17);1H. The molecule has 0 atom stereocenters. The van der Waals surface area contributed by atoms with E-state index in [0.717, 1.165) is 18.4 Å². The molecule has 0 unspecified atom stereocenters. The zero-order valence-corrected chi connectivity index (χ0v) is 13.4. The molecule has 118 valence electrons. The average molecular weight is 334 g/mol. The van der Waals surface area contributed by atoms with E-state index in [4.69, 9.17) is 5.73 Å². The summed E-state index contributed by atoms with van der Waals surface area (Å²) in [4.78, 5) is 11.9. The maximum Gasteiger partial charge on any atom is 0.240 e. The van der Waals surface area contributed by atoms with Crippen LogP contribution in [0.1, 0.15) is 25.3 Å². The molecule has 1 aromatic carbocycles. The van der Waals surface area contributed by atoms with Crippen molar-refractivity contribution in [2.24, 2.45) is 5.73 Å². The quantitative estimate of drug-likeness (QED) is 0.706. The van der Waals surface area contributed by atoms with Gasteiger partial charge in [0.15, 0.2) is 0 Å². The molecule has 8 heteroatoms. The number of nitrogens with two attached hydrogens (primary N) is 1. The van der Waals surface area contributed by atoms with Crippen molar-refractivity contribution in [3.63, 3.8) is 0 Å². The van der Waals surface area contributed by atoms with Gasteiger partial charge in [0, 0.05) is 13.1 Å². The van der Waals surface area contributed by atoms with Crippen LogP contribution in [0.3, 0.4) is 0 Å². The van der Waals surface area contributed by atoms with Crippen molar-refractivity contribution in [2.45, 2.75) is 36.7 Å². The number of rotatable bonds is 6. The van der Waals surface area contributed by atoms with E-state index in [1.165, 1.54) is 12.1 Å². The molecule has 0 aliphatic heterocycles. The predicted molar refractivity (Wildman–Crippen MR) is 82.6 cm³/mol. The number of carbonyl (C=O) groups is 1. The van der Waals surface area contributed by atoms with Gasteiger partial charge in [-0.1, -0.05) is 19.1 Å². The second kappa shape index (κ2) is 6.74. The molecular formula is C13H20ClN3O3S. The van der Waals surface area contributed by atoms with Crippen molar-refractivity contribution in [3.05, 3.63) is 29.8 Å². The van der Waals surface area contributed by atoms with Gasteiger partial charge in [-0.05, 0) is 30.5 Å². The van der Waals surface area contributed by atoms with Crippen molar-refractivity contribution in [1.29, 1.82) is 0 Å². The number of amides is 1. The SMILES string of the molecule is CCNS(=O)(=O)c1ccc(CNC(=O)C2(N)CC2)cc1.Cl. The van der Waals surface area contributed by atoms with E-state index in [2.05, 4.69) is 10.0 Å². The number of carbonyl (C=O) groups excluding carboxylic acids is 1. The highest BCUT2D eigenvalue weighted by Crippen LogP contribution is 2.32. The van der Waals surface area contributed by atoms with Gasteiger partial charge in [-0.3, -0.25) is 4.79 Å². The number of halogens is 1. The first-order valence-electron chi connectivity index (χ1n) is 6.53. The molecule has 1 saturated carbocycles. The lowest BCUT2D eigenvalue weighted by atomic mass is 10.2. The van der Waals surface area contributed by atoms with Gasteiger partial charge >= 0.3 is 0 Å². The Hall–Kier alpha value is -1.15. The predicted octanol–water partition coefficient (Wildman–Crippen LogP) is 0.514. The van der Waals surface area contributed by atoms with Crippen molar-refractivity contribution < 1.29 is 13.2 Å². The minimum atomic E-state index is -3.43. The summed E-state index contributed by atoms with van der Waals surface area (Å²) < 4.78 is 25.9. The highest BCUT2D eigenvalue weighted by molar-refractivity contribution is 7.89. The topological polar surface area (TPSA) is 101 Å². The maximum absolute atomic E-state index is 11.8. The Morgan fingerprint density at radius 3 is 2.33 bits per heavy atom. The van der Waals surface area contributed by atoms with Crippen LogP contribution in [-0.4, -0.2) is 26.4 Å². The third kappa shape index (κ3) is 4.41. The average Bonchev–Trinajstić information content (AvgIpc) is 3.16. The summed E-state index contributed by atoms with van der Waals surface area (Å²) in [6.07, 6.45) is 1.44. The molecule has 1 aromatic rings. The largest absolute Gasteiger partial charge is 0.350 e. The summed E-state index contributed by atoms with van der Waals surface area (Å²) in [5.41, 5.74) is 5.91. The van der Waals surface area contributed by atoms with Gasteiger partial charge in [0.1, 0.15) is 0 Å². The van der Waals surface area contributed by atoms with Gasteiger partial charge in [0.05, 0.1) is 10.4 Å². The number of hydrogen-bond donors (Lipinski definition) is 3. The zero-order chi connectivity index (χ0) is 14.8. The second-order valence-electron chi connectivity index (χ2n) is 4.98. The fraction of sp³-hybridized carbons (Fsp3) is 0.462. The molecule has 4 N–H and O–H groups in total. The van der Waals surface area contributed by atoms with Crippen LogP contribution in [0.15, 0.2) is 29.2 Å². The van der Waals surface area contributed by atoms with E-state index in [9.17, 15) is 13.2 Å². The number of sulfonamides is 1. The lowest BCUT2D eigenvalue weighted by molar-refractivity contribution is -0.123. The molecule has 0 aromatic heterocycles. The van der Waals surface area contributed by atoms with Gasteiger partial charge < -0.3 is 11.1 Å². The van der Waals surface area contributed by atoms with Crippen LogP contribution in [0.4, 0.5) is 0 Å². The first kappa shape index (κ1) is 17.9. The Kier molecular flexibility index (Phi) is 5.75. The molecule has 0 radical (unpaired) electrons. The molecular weight excluding hydrogens is 314 g/mol. The van der Waals surface area contributed by atoms with Crippen LogP contribution < -0.4 is 15.8 Å². The Balaban J connectivity index is 0.00000220. The van der Waals surface area contributed by atoms with Crippen LogP contribution in [0, 0.1) is 0 Å². The summed E-state index contributed by atoms with van der Waals surface area (Å²) in [7, 11) is -3.43. The second-order valence-corrected chi connectivity index (χ2v) is 6.75. The summed E-state index contributed by atoms with van der Waals surface area (Å²) in [5, 5.41) is 2.76. The molecule has 1 amide bonds. The van der Waals surface area contributed by atoms with Gasteiger partial charge in [0.25, 0.3) is 0 Å². The lowest BCUT2D eigenvalue weighted by Crippen LogP contribution is -2.42. The Bertz CT molecular complexity index is 598. The molecule has 1 aliphatic carbocycles. The Labute approximate surface area is 130 Å². The van der Waals surface area contributed by atoms with E-state index >= 15 is 0 Å². The normalized spacial score (nSPS) is 15.9. The third-order valence-electron chi connectivity index (χ3n) is 3.26. The first-order valence-corrected chi connectivity index (χ1v) is 8.01. The molecule has 0 spiro atoms. The smallest absolute Gasteiger partial charge is 0.240 e. The van der Waals surface area contributed by atoms with Gasteiger partial charge in [-0.25, -0.2) is 13.1 Å². The van der Waals surface area contributed by atoms with Gasteiger partial charge in [0.2, 0.25) is 15.9 Å². The number of benzene rings is 1. The summed E-state index contributed by atoms with van der Waals surface area (Å²) >= 11 is 0. The third-order valence-corrected chi connectivity index (χ3v) is 4.82. The highest BCUT2D eigenvalue weighted by atomic mass is 35.5. The minimum absolute atomic E-state index is 0. The summed E-state index contributed by atoms with van der Waals surface area (Å²) in [5.74, 6) is -0.151. The summed E-state index contributed by atoms with van der Waals surface area (Å²) in [6, 6.07) is 6.41. The van der Waals surface area contributed by atoms with E-state index in [1.54, 1.807) is 19.1 Å². The molecule has 21 heavy (non-hydrogen) atoms. The molecule has 1 aliphatic rings. The monoisotopic (exact) mass is 333 g/mol. The molecule has 0 bridgehead atoms. The first-order chi connectivity index (χ1) is 9.37. The van der Waals surface area contributed by atoms with Gasteiger partial charge in [-0.2, -0.15) is 0 Å². The minimum Gasteiger partial charge on any atom is -0.350 e. The van der Waals surface area contributed by atoms with E-state index < -0.39 is 15.6 Å². The van der Waals surface area contributed by atoms with Crippen molar-refractivity contribution in [1.82, 2.24) is 10.0 Å². The molecule has 2 rings (SSSR count). The maximum atomic E-state index is 11.8. The molecule has 1 fully saturated rings. The van der Waals surface area contributed by atoms with E-state index in [1.807, 2.05) is 0 Å². The molecule has 0 heterocycles. The van der Waals surface area contributed by atoms with Gasteiger partial charge in [-0.15, -0.1) is 12.4 Å². The number of hydrogen-bond acceptors (Lipinski definition) is 4. The highest BCUT2D eigenvalue weighted by Gasteiger charge is 2.45. The number of nitrogens with one attached hydrogen (secondary N) is 2. The van der Waals surface area contributed by atoms with Crippen LogP contribution in [0.5, 0.6) is 0 Å². The van der Waals surface area contributed by atoms with Crippen molar-refractivity contribution in [2.75, 3.05) is 6.54 Å². The van der Waals surface area contributed by atoms with Crippen LogP contribution in [0.25, 0.3) is 0 Å². The molecule has 6 nitrogen and oxygen atoms in total. The molecule has 0 saturated heterocycles. The zero-order valence-electron chi connectivity index (χ0n) is 11.8. The Morgan fingerprint density at radius 2 is 1.86 bits per heavy atom. The van der Waals surface area contributed by atoms with Crippen molar-refractivity contribution in [3.8, 4) is 0 Å². The van der Waals surface area contributed by atoms with Crippen LogP contribution in [0.2, 0.25) is 0 Å². The van der Waals surface area contributed by atoms with Crippen LogP contribution >= 0.6 is 12.4 Å². The van der Waals surface area contributed by atoms with Crippen LogP contribution in [-0.2, 0) is 21.4 Å². The fourth-order valence-corrected chi connectivity index (χ4v) is 2.82. The van der Waals surface area contributed by atoms with E-state index in [-0.39, 0.29) is 23.2 Å². The van der Waals surface area contributed by atoms with Crippen molar-refractivity contribution >= 4 is 28.3 Å². The summed E-state index contributed by atoms with van der Waals surface area (Å²) in [6.45, 7) is 2.42.